The Balaban J connectivity index is 2.62. The van der Waals surface area contributed by atoms with Gasteiger partial charge in [0.25, 0.3) is 0 Å². The quantitative estimate of drug-likeness (QED) is 0.414. The molecular weight excluding hydrogens is 317 g/mol. The molecule has 0 aliphatic carbocycles. The number of thioether (sulfide) groups is 1. The molecule has 1 aromatic rings. The van der Waals surface area contributed by atoms with Gasteiger partial charge in [0.15, 0.2) is 0 Å². The number of alkyl halides is 3. The second-order valence-corrected chi connectivity index (χ2v) is 6.22. The average molecular weight is 336 g/mol. The van der Waals surface area contributed by atoms with Crippen molar-refractivity contribution in [2.75, 3.05) is 17.6 Å². The lowest BCUT2D eigenvalue weighted by Crippen LogP contribution is -2.15. The Morgan fingerprint density at radius 1 is 1.33 bits per heavy atom. The van der Waals surface area contributed by atoms with Crippen molar-refractivity contribution < 1.29 is 13.2 Å². The van der Waals surface area contributed by atoms with Crippen LogP contribution in [0.2, 0.25) is 0 Å². The minimum absolute atomic E-state index is 0.113. The maximum Gasteiger partial charge on any atom is 0.389 e. The van der Waals surface area contributed by atoms with E-state index in [4.69, 9.17) is 18.0 Å². The summed E-state index contributed by atoms with van der Waals surface area (Å²) in [4.78, 5) is 1.29. The summed E-state index contributed by atoms with van der Waals surface area (Å²) in [6, 6.07) is 5.67. The third kappa shape index (κ3) is 6.56. The minimum Gasteiger partial charge on any atom is -0.389 e. The molecule has 0 radical (unpaired) electrons. The van der Waals surface area contributed by atoms with Crippen molar-refractivity contribution >= 4 is 34.7 Å². The molecule has 21 heavy (non-hydrogen) atoms. The molecule has 3 N–H and O–H groups in total. The summed E-state index contributed by atoms with van der Waals surface area (Å²) in [5.74, 6) is 0.894. The third-order valence-electron chi connectivity index (χ3n) is 2.77. The molecule has 7 heteroatoms. The largest absolute Gasteiger partial charge is 0.389 e. The fourth-order valence-corrected chi connectivity index (χ4v) is 3.02. The zero-order valence-electron chi connectivity index (χ0n) is 11.8. The van der Waals surface area contributed by atoms with Crippen LogP contribution in [0.4, 0.5) is 18.9 Å². The molecule has 0 spiro atoms. The van der Waals surface area contributed by atoms with E-state index in [0.29, 0.717) is 18.0 Å². The summed E-state index contributed by atoms with van der Waals surface area (Å²) in [6.07, 6.45) is -4.27. The first kappa shape index (κ1) is 18.1. The molecule has 0 heterocycles. The van der Waals surface area contributed by atoms with Gasteiger partial charge in [0.05, 0.1) is 0 Å². The predicted octanol–water partition coefficient (Wildman–Crippen LogP) is 4.58. The van der Waals surface area contributed by atoms with Crippen LogP contribution in [-0.2, 0) is 0 Å². The van der Waals surface area contributed by atoms with Gasteiger partial charge in [-0.1, -0.05) is 25.2 Å². The number of hydrogen-bond acceptors (Lipinski definition) is 3. The Hall–Kier alpha value is -0.950. The van der Waals surface area contributed by atoms with Gasteiger partial charge in [0.2, 0.25) is 0 Å². The van der Waals surface area contributed by atoms with Crippen molar-refractivity contribution in [1.82, 2.24) is 0 Å². The van der Waals surface area contributed by atoms with Crippen LogP contribution >= 0.6 is 24.0 Å². The molecule has 0 saturated carbocycles. The number of anilines is 1. The highest BCUT2D eigenvalue weighted by Crippen LogP contribution is 2.29. The van der Waals surface area contributed by atoms with Gasteiger partial charge < -0.3 is 11.1 Å². The van der Waals surface area contributed by atoms with Crippen LogP contribution in [0.5, 0.6) is 0 Å². The highest BCUT2D eigenvalue weighted by atomic mass is 32.2. The molecule has 0 fully saturated rings. The number of nitrogens with one attached hydrogen (secondary N) is 1. The average Bonchev–Trinajstić information content (AvgIpc) is 2.37. The lowest BCUT2D eigenvalue weighted by molar-refractivity contribution is -0.135. The van der Waals surface area contributed by atoms with Crippen molar-refractivity contribution in [3.05, 3.63) is 23.8 Å². The van der Waals surface area contributed by atoms with E-state index < -0.39 is 12.6 Å². The van der Waals surface area contributed by atoms with Crippen LogP contribution < -0.4 is 11.1 Å². The van der Waals surface area contributed by atoms with Gasteiger partial charge >= 0.3 is 6.18 Å². The standard InChI is InChI=1S/C14H19F3N2S2/c1-2-21-11-7-5-6-10(12(11)13(18)20)19-9-4-3-8-14(15,16)17/h5-7,19H,2-4,8-9H2,1H3,(H2,18,20). The third-order valence-corrected chi connectivity index (χ3v) is 3.92. The Kier molecular flexibility index (Phi) is 7.31. The maximum absolute atomic E-state index is 12.1. The molecule has 0 aromatic heterocycles. The van der Waals surface area contributed by atoms with E-state index in [1.165, 1.54) is 0 Å². The minimum atomic E-state index is -4.08. The monoisotopic (exact) mass is 336 g/mol. The molecule has 0 aliphatic rings. The Morgan fingerprint density at radius 2 is 2.05 bits per heavy atom. The van der Waals surface area contributed by atoms with E-state index >= 15 is 0 Å². The first-order valence-corrected chi connectivity index (χ1v) is 8.10. The Bertz CT molecular complexity index is 476. The molecule has 0 amide bonds. The molecule has 2 nitrogen and oxygen atoms in total. The van der Waals surface area contributed by atoms with Gasteiger partial charge in [-0.15, -0.1) is 11.8 Å². The van der Waals surface area contributed by atoms with E-state index in [1.54, 1.807) is 11.8 Å². The van der Waals surface area contributed by atoms with Gasteiger partial charge in [0, 0.05) is 29.1 Å². The van der Waals surface area contributed by atoms with Gasteiger partial charge in [0.1, 0.15) is 4.99 Å². The summed E-state index contributed by atoms with van der Waals surface area (Å²) < 4.78 is 36.2. The Morgan fingerprint density at radius 3 is 2.62 bits per heavy atom. The lowest BCUT2D eigenvalue weighted by atomic mass is 10.1. The van der Waals surface area contributed by atoms with Gasteiger partial charge in [-0.2, -0.15) is 13.2 Å². The molecule has 1 rings (SSSR count). The summed E-state index contributed by atoms with van der Waals surface area (Å²) in [6.45, 7) is 2.50. The molecule has 0 unspecified atom stereocenters. The van der Waals surface area contributed by atoms with Crippen molar-refractivity contribution in [3.8, 4) is 0 Å². The second kappa shape index (κ2) is 8.48. The van der Waals surface area contributed by atoms with E-state index in [1.807, 2.05) is 25.1 Å². The van der Waals surface area contributed by atoms with Crippen LogP contribution in [0.1, 0.15) is 31.7 Å². The molecule has 0 atom stereocenters. The first-order valence-electron chi connectivity index (χ1n) is 6.71. The lowest BCUT2D eigenvalue weighted by Gasteiger charge is -2.15. The fraction of sp³-hybridized carbons (Fsp3) is 0.500. The number of hydrogen-bond donors (Lipinski definition) is 2. The highest BCUT2D eigenvalue weighted by molar-refractivity contribution is 7.99. The molecule has 0 saturated heterocycles. The Labute approximate surface area is 132 Å². The number of halogens is 3. The summed E-state index contributed by atoms with van der Waals surface area (Å²) in [7, 11) is 0. The number of benzene rings is 1. The van der Waals surface area contributed by atoms with Crippen LogP contribution in [0.15, 0.2) is 23.1 Å². The summed E-state index contributed by atoms with van der Waals surface area (Å²) >= 11 is 6.71. The summed E-state index contributed by atoms with van der Waals surface area (Å²) in [5, 5.41) is 3.13. The van der Waals surface area contributed by atoms with Gasteiger partial charge in [-0.05, 0) is 30.7 Å². The maximum atomic E-state index is 12.1. The number of rotatable bonds is 8. The van der Waals surface area contributed by atoms with Crippen molar-refractivity contribution in [2.24, 2.45) is 5.73 Å². The zero-order valence-corrected chi connectivity index (χ0v) is 13.4. The van der Waals surface area contributed by atoms with E-state index in [0.717, 1.165) is 21.9 Å². The smallest absolute Gasteiger partial charge is 0.389 e. The van der Waals surface area contributed by atoms with E-state index in [2.05, 4.69) is 5.32 Å². The number of thiocarbonyl (C=S) groups is 1. The summed E-state index contributed by atoms with van der Waals surface area (Å²) in [5.41, 5.74) is 7.32. The topological polar surface area (TPSA) is 38.0 Å². The first-order chi connectivity index (χ1) is 9.85. The van der Waals surface area contributed by atoms with Crippen molar-refractivity contribution in [3.63, 3.8) is 0 Å². The van der Waals surface area contributed by atoms with Crippen molar-refractivity contribution in [1.29, 1.82) is 0 Å². The number of unbranched alkanes of at least 4 members (excludes halogenated alkanes) is 1. The molecule has 0 aliphatic heterocycles. The normalized spacial score (nSPS) is 11.4. The SMILES string of the molecule is CCSc1cccc(NCCCCC(F)(F)F)c1C(N)=S. The van der Waals surface area contributed by atoms with Crippen LogP contribution in [0, 0.1) is 0 Å². The van der Waals surface area contributed by atoms with E-state index in [-0.39, 0.29) is 6.42 Å². The van der Waals surface area contributed by atoms with Gasteiger partial charge in [-0.25, -0.2) is 0 Å². The molecule has 0 bridgehead atoms. The second-order valence-electron chi connectivity index (χ2n) is 4.48. The van der Waals surface area contributed by atoms with Crippen LogP contribution in [0.25, 0.3) is 0 Å². The molecule has 118 valence electrons. The highest BCUT2D eigenvalue weighted by Gasteiger charge is 2.25. The number of nitrogens with two attached hydrogens (primary N) is 1. The molecule has 1 aromatic carbocycles. The van der Waals surface area contributed by atoms with Crippen LogP contribution in [0.3, 0.4) is 0 Å². The van der Waals surface area contributed by atoms with E-state index in [9.17, 15) is 13.2 Å². The zero-order chi connectivity index (χ0) is 15.9. The van der Waals surface area contributed by atoms with Gasteiger partial charge in [-0.3, -0.25) is 0 Å². The molecular formula is C14H19F3N2S2. The predicted molar refractivity (Wildman–Crippen MR) is 87.1 cm³/mol. The van der Waals surface area contributed by atoms with Crippen molar-refractivity contribution in [2.45, 2.75) is 37.3 Å². The fourth-order valence-electron chi connectivity index (χ4n) is 1.88. The van der Waals surface area contributed by atoms with Crippen LogP contribution in [-0.4, -0.2) is 23.5 Å².